The summed E-state index contributed by atoms with van der Waals surface area (Å²) in [5, 5.41) is 11.3. The number of piperidine rings is 1. The zero-order valence-corrected chi connectivity index (χ0v) is 16.0. The second-order valence-corrected chi connectivity index (χ2v) is 7.35. The molecule has 4 heterocycles. The Hall–Kier alpha value is -3.40. The molecule has 1 aromatic carbocycles. The minimum absolute atomic E-state index is 0.0820. The van der Waals surface area contributed by atoms with Crippen LogP contribution in [0.1, 0.15) is 18.9 Å². The minimum atomic E-state index is -0.122. The van der Waals surface area contributed by atoms with Crippen LogP contribution in [-0.2, 0) is 4.79 Å². The van der Waals surface area contributed by atoms with Crippen LogP contribution in [0.5, 0.6) is 0 Å². The van der Waals surface area contributed by atoms with Crippen LogP contribution in [0, 0.1) is 0 Å². The molecule has 0 bridgehead atoms. The molecule has 1 saturated heterocycles. The van der Waals surface area contributed by atoms with Crippen molar-refractivity contribution in [3.8, 4) is 0 Å². The maximum absolute atomic E-state index is 12.5. The lowest BCUT2D eigenvalue weighted by Crippen LogP contribution is -2.37. The van der Waals surface area contributed by atoms with E-state index in [1.54, 1.807) is 28.9 Å². The lowest BCUT2D eigenvalue weighted by Gasteiger charge is -2.33. The molecule has 1 amide bonds. The highest BCUT2D eigenvalue weighted by atomic mass is 35.5. The van der Waals surface area contributed by atoms with Crippen molar-refractivity contribution < 1.29 is 4.79 Å². The van der Waals surface area contributed by atoms with E-state index < -0.39 is 0 Å². The minimum Gasteiger partial charge on any atom is -0.353 e. The van der Waals surface area contributed by atoms with E-state index in [-0.39, 0.29) is 11.7 Å². The van der Waals surface area contributed by atoms with Gasteiger partial charge in [-0.05, 0) is 31.0 Å². The van der Waals surface area contributed by atoms with Gasteiger partial charge in [-0.2, -0.15) is 0 Å². The third-order valence-electron chi connectivity index (χ3n) is 5.30. The van der Waals surface area contributed by atoms with Gasteiger partial charge in [0.1, 0.15) is 0 Å². The summed E-state index contributed by atoms with van der Waals surface area (Å²) < 4.78 is 3.51. The highest BCUT2D eigenvalue weighted by molar-refractivity contribution is 6.31. The van der Waals surface area contributed by atoms with Gasteiger partial charge in [-0.3, -0.25) is 19.1 Å². The number of nitrogens with zero attached hydrogens (tertiary/aromatic N) is 6. The number of halogens is 1. The number of anilines is 2. The fourth-order valence-corrected chi connectivity index (χ4v) is 4.16. The Morgan fingerprint density at radius 1 is 1.24 bits per heavy atom. The molecular weight excluding hydrogens is 396 g/mol. The number of hydrogen-bond acceptors (Lipinski definition) is 6. The van der Waals surface area contributed by atoms with Crippen LogP contribution in [0.15, 0.2) is 35.4 Å². The number of rotatable bonds is 4. The predicted octanol–water partition coefficient (Wildman–Crippen LogP) is 1.83. The molecule has 0 unspecified atom stereocenters. The van der Waals surface area contributed by atoms with Crippen molar-refractivity contribution in [3.05, 3.63) is 46.1 Å². The summed E-state index contributed by atoms with van der Waals surface area (Å²) in [7, 11) is 0. The fraction of sp³-hybridized carbons (Fsp3) is 0.278. The van der Waals surface area contributed by atoms with E-state index in [4.69, 9.17) is 11.6 Å². The third-order valence-corrected chi connectivity index (χ3v) is 5.54. The Morgan fingerprint density at radius 2 is 2.07 bits per heavy atom. The van der Waals surface area contributed by atoms with Gasteiger partial charge in [-0.15, -0.1) is 10.2 Å². The molecule has 1 fully saturated rings. The molecule has 148 valence electrons. The van der Waals surface area contributed by atoms with Crippen LogP contribution in [0.4, 0.5) is 11.8 Å². The van der Waals surface area contributed by atoms with Gasteiger partial charge in [0.15, 0.2) is 5.82 Å². The second-order valence-electron chi connectivity index (χ2n) is 6.91. The lowest BCUT2D eigenvalue weighted by atomic mass is 10.0. The summed E-state index contributed by atoms with van der Waals surface area (Å²) in [4.78, 5) is 32.7. The number of aromatic nitrogens is 6. The third kappa shape index (κ3) is 2.92. The summed E-state index contributed by atoms with van der Waals surface area (Å²) in [6.07, 6.45) is 5.49. The number of carbonyl (C=O) groups is 1. The highest BCUT2D eigenvalue weighted by Crippen LogP contribution is 2.29. The average Bonchev–Trinajstić information content (AvgIpc) is 3.28. The van der Waals surface area contributed by atoms with Crippen LogP contribution in [-0.4, -0.2) is 48.6 Å². The molecule has 0 atom stereocenters. The van der Waals surface area contributed by atoms with Crippen LogP contribution in [0.3, 0.4) is 0 Å². The largest absolute Gasteiger partial charge is 0.353 e. The molecule has 4 aromatic rings. The Morgan fingerprint density at radius 3 is 2.86 bits per heavy atom. The van der Waals surface area contributed by atoms with Gasteiger partial charge >= 0.3 is 5.69 Å². The van der Waals surface area contributed by atoms with E-state index >= 15 is 0 Å². The van der Waals surface area contributed by atoms with Crippen LogP contribution < -0.4 is 15.9 Å². The summed E-state index contributed by atoms with van der Waals surface area (Å²) >= 11 is 6.04. The smallest absolute Gasteiger partial charge is 0.326 e. The first-order valence-electron chi connectivity index (χ1n) is 9.20. The fourth-order valence-electron chi connectivity index (χ4n) is 3.99. The number of hydrogen-bond donors (Lipinski definition) is 2. The number of carbonyl (C=O) groups excluding carboxylic acids is 1. The molecule has 2 N–H and O–H groups in total. The van der Waals surface area contributed by atoms with Crippen molar-refractivity contribution in [2.75, 3.05) is 23.3 Å². The summed E-state index contributed by atoms with van der Waals surface area (Å²) in [5.74, 6) is 1.05. The van der Waals surface area contributed by atoms with E-state index in [1.807, 2.05) is 10.6 Å². The number of H-pyrrole nitrogens is 1. The van der Waals surface area contributed by atoms with Gasteiger partial charge < -0.3 is 9.88 Å². The quantitative estimate of drug-likeness (QED) is 0.494. The second kappa shape index (κ2) is 6.89. The molecule has 0 spiro atoms. The van der Waals surface area contributed by atoms with Gasteiger partial charge in [0, 0.05) is 36.5 Å². The van der Waals surface area contributed by atoms with Crippen molar-refractivity contribution in [2.45, 2.75) is 18.9 Å². The molecule has 11 heteroatoms. The van der Waals surface area contributed by atoms with Crippen molar-refractivity contribution in [2.24, 2.45) is 0 Å². The van der Waals surface area contributed by atoms with Crippen molar-refractivity contribution in [1.29, 1.82) is 0 Å². The topological polar surface area (TPSA) is 113 Å². The molecule has 1 aliphatic heterocycles. The summed E-state index contributed by atoms with van der Waals surface area (Å²) in [6, 6.07) is 5.52. The van der Waals surface area contributed by atoms with Gasteiger partial charge in [-0.1, -0.05) is 11.6 Å². The summed E-state index contributed by atoms with van der Waals surface area (Å²) in [6.45, 7) is 1.43. The standard InChI is InChI=1S/C18H17ClN8O2/c19-11-1-2-14-13(9-11)22-18(29)27(14)12-3-6-25(7-4-12)15-16-23-24-17(21-10-28)26(16)8-5-20-15/h1-2,5,8-10,12H,3-4,6-7H2,(H,22,29)(H,21,24,28). The number of imidazole rings is 1. The van der Waals surface area contributed by atoms with Crippen molar-refractivity contribution in [3.63, 3.8) is 0 Å². The van der Waals surface area contributed by atoms with Gasteiger partial charge in [0.25, 0.3) is 0 Å². The molecule has 0 radical (unpaired) electrons. The molecule has 0 saturated carbocycles. The predicted molar refractivity (Wildman–Crippen MR) is 109 cm³/mol. The number of aromatic amines is 1. The van der Waals surface area contributed by atoms with Crippen LogP contribution in [0.2, 0.25) is 5.02 Å². The summed E-state index contributed by atoms with van der Waals surface area (Å²) in [5.41, 5.74) is 2.06. The van der Waals surface area contributed by atoms with E-state index in [0.717, 1.165) is 23.9 Å². The van der Waals surface area contributed by atoms with E-state index in [2.05, 4.69) is 30.4 Å². The van der Waals surface area contributed by atoms with Crippen LogP contribution >= 0.6 is 11.6 Å². The first-order chi connectivity index (χ1) is 14.2. The Balaban J connectivity index is 1.42. The molecule has 10 nitrogen and oxygen atoms in total. The first-order valence-corrected chi connectivity index (χ1v) is 9.58. The SMILES string of the molecule is O=CNc1nnc2c(N3CCC(n4c(=O)[nH]c5cc(Cl)ccc54)CC3)nccn12. The number of fused-ring (bicyclic) bond motifs is 2. The molecule has 29 heavy (non-hydrogen) atoms. The highest BCUT2D eigenvalue weighted by Gasteiger charge is 2.26. The molecule has 3 aromatic heterocycles. The Labute approximate surface area is 169 Å². The van der Waals surface area contributed by atoms with Crippen LogP contribution in [0.25, 0.3) is 16.7 Å². The zero-order chi connectivity index (χ0) is 20.0. The monoisotopic (exact) mass is 412 g/mol. The van der Waals surface area contributed by atoms with Crippen molar-refractivity contribution in [1.82, 2.24) is 29.1 Å². The zero-order valence-electron chi connectivity index (χ0n) is 15.2. The average molecular weight is 413 g/mol. The van der Waals surface area contributed by atoms with E-state index in [9.17, 15) is 9.59 Å². The molecule has 5 rings (SSSR count). The normalized spacial score (nSPS) is 15.3. The van der Waals surface area contributed by atoms with Gasteiger partial charge in [-0.25, -0.2) is 9.78 Å². The molecule has 1 aliphatic rings. The maximum Gasteiger partial charge on any atom is 0.326 e. The lowest BCUT2D eigenvalue weighted by molar-refractivity contribution is -0.105. The number of nitrogens with one attached hydrogen (secondary N) is 2. The number of benzene rings is 1. The Bertz CT molecular complexity index is 1270. The van der Waals surface area contributed by atoms with E-state index in [1.165, 1.54) is 0 Å². The van der Waals surface area contributed by atoms with Crippen molar-refractivity contribution >= 4 is 46.5 Å². The number of amides is 1. The molecule has 0 aliphatic carbocycles. The van der Waals surface area contributed by atoms with Gasteiger partial charge in [0.2, 0.25) is 18.0 Å². The Kier molecular flexibility index (Phi) is 4.20. The maximum atomic E-state index is 12.5. The van der Waals surface area contributed by atoms with E-state index in [0.29, 0.717) is 41.9 Å². The van der Waals surface area contributed by atoms with Gasteiger partial charge in [0.05, 0.1) is 11.0 Å². The molecular formula is C18H17ClN8O2. The first kappa shape index (κ1) is 17.7.